The van der Waals surface area contributed by atoms with Gasteiger partial charge in [0.2, 0.25) is 11.8 Å². The molecule has 1 aliphatic heterocycles. The molecule has 0 spiro atoms. The highest BCUT2D eigenvalue weighted by Gasteiger charge is 2.38. The van der Waals surface area contributed by atoms with Gasteiger partial charge in [0, 0.05) is 48.8 Å². The number of likely N-dealkylation sites (tertiary alicyclic amines) is 1. The molecule has 1 aromatic carbocycles. The fourth-order valence-electron chi connectivity index (χ4n) is 4.87. The Morgan fingerprint density at radius 2 is 1.86 bits per heavy atom. The molecule has 2 fully saturated rings. The summed E-state index contributed by atoms with van der Waals surface area (Å²) in [6, 6.07) is 7.06. The fraction of sp³-hybridized carbons (Fsp3) is 0.429. The number of nitrogens with one attached hydrogen (secondary N) is 1. The van der Waals surface area contributed by atoms with Crippen molar-refractivity contribution in [3.05, 3.63) is 62.9 Å². The SMILES string of the molecule is Cc1ncc(C(=O)Nc2cc(Cl)cc(C=C3CCN(C(=O)C4CCC(F)(F)CC4)CC3)c2C)cc1C#N. The van der Waals surface area contributed by atoms with Crippen LogP contribution in [0.4, 0.5) is 14.5 Å². The molecule has 1 saturated heterocycles. The quantitative estimate of drug-likeness (QED) is 0.506. The van der Waals surface area contributed by atoms with Crippen LogP contribution in [0.5, 0.6) is 0 Å². The van der Waals surface area contributed by atoms with Crippen molar-refractivity contribution in [2.24, 2.45) is 5.92 Å². The van der Waals surface area contributed by atoms with E-state index in [4.69, 9.17) is 11.6 Å². The second-order valence-corrected chi connectivity index (χ2v) is 10.3. The molecule has 37 heavy (non-hydrogen) atoms. The second kappa shape index (κ2) is 11.0. The van der Waals surface area contributed by atoms with E-state index in [-0.39, 0.29) is 49.0 Å². The van der Waals surface area contributed by atoms with E-state index < -0.39 is 5.92 Å². The first-order chi connectivity index (χ1) is 17.6. The van der Waals surface area contributed by atoms with Crippen molar-refractivity contribution in [3.8, 4) is 6.07 Å². The summed E-state index contributed by atoms with van der Waals surface area (Å²) < 4.78 is 26.9. The molecule has 2 aliphatic rings. The Kier molecular flexibility index (Phi) is 7.93. The molecule has 4 rings (SSSR count). The minimum atomic E-state index is -2.64. The minimum absolute atomic E-state index is 0.0105. The van der Waals surface area contributed by atoms with E-state index in [1.54, 1.807) is 17.9 Å². The summed E-state index contributed by atoms with van der Waals surface area (Å²) in [5, 5.41) is 12.6. The Hall–Kier alpha value is -3.31. The van der Waals surface area contributed by atoms with Crippen LogP contribution in [0.1, 0.15) is 71.3 Å². The van der Waals surface area contributed by atoms with Gasteiger partial charge in [-0.3, -0.25) is 14.6 Å². The summed E-state index contributed by atoms with van der Waals surface area (Å²) in [5.41, 5.74) is 4.60. The molecule has 6 nitrogen and oxygen atoms in total. The van der Waals surface area contributed by atoms with Crippen molar-refractivity contribution in [1.82, 2.24) is 9.88 Å². The monoisotopic (exact) mass is 526 g/mol. The van der Waals surface area contributed by atoms with Crippen molar-refractivity contribution in [2.45, 2.75) is 58.3 Å². The number of amides is 2. The van der Waals surface area contributed by atoms with Crippen molar-refractivity contribution < 1.29 is 18.4 Å². The minimum Gasteiger partial charge on any atom is -0.342 e. The van der Waals surface area contributed by atoms with E-state index in [0.717, 1.165) is 16.7 Å². The molecular formula is C28H29ClF2N4O2. The number of piperidine rings is 1. The van der Waals surface area contributed by atoms with Crippen molar-refractivity contribution >= 4 is 35.2 Å². The molecule has 0 bridgehead atoms. The summed E-state index contributed by atoms with van der Waals surface area (Å²) in [7, 11) is 0. The molecule has 0 atom stereocenters. The number of pyridine rings is 1. The van der Waals surface area contributed by atoms with Crippen LogP contribution < -0.4 is 5.32 Å². The number of anilines is 1. The first-order valence-corrected chi connectivity index (χ1v) is 12.8. The first-order valence-electron chi connectivity index (χ1n) is 12.4. The normalized spacial score (nSPS) is 17.7. The largest absolute Gasteiger partial charge is 0.342 e. The molecular weight excluding hydrogens is 498 g/mol. The maximum atomic E-state index is 13.5. The molecule has 1 aromatic heterocycles. The zero-order chi connectivity index (χ0) is 26.7. The highest BCUT2D eigenvalue weighted by molar-refractivity contribution is 6.31. The zero-order valence-electron chi connectivity index (χ0n) is 20.9. The lowest BCUT2D eigenvalue weighted by Crippen LogP contribution is -2.42. The Balaban J connectivity index is 1.43. The number of benzene rings is 1. The second-order valence-electron chi connectivity index (χ2n) is 9.85. The summed E-state index contributed by atoms with van der Waals surface area (Å²) in [6.07, 6.45) is 4.92. The van der Waals surface area contributed by atoms with Gasteiger partial charge in [0.1, 0.15) is 6.07 Å². The Morgan fingerprint density at radius 3 is 2.51 bits per heavy atom. The number of nitriles is 1. The number of carbonyl (C=O) groups excluding carboxylic acids is 2. The number of aromatic nitrogens is 1. The zero-order valence-corrected chi connectivity index (χ0v) is 21.7. The lowest BCUT2D eigenvalue weighted by molar-refractivity contribution is -0.140. The third-order valence-electron chi connectivity index (χ3n) is 7.27. The number of halogens is 3. The molecule has 0 unspecified atom stereocenters. The number of carbonyl (C=O) groups is 2. The van der Waals surface area contributed by atoms with Crippen LogP contribution in [0.15, 0.2) is 30.0 Å². The van der Waals surface area contributed by atoms with E-state index in [0.29, 0.717) is 47.9 Å². The Bertz CT molecular complexity index is 1280. The smallest absolute Gasteiger partial charge is 0.257 e. The van der Waals surface area contributed by atoms with Crippen LogP contribution in [0.25, 0.3) is 6.08 Å². The maximum Gasteiger partial charge on any atom is 0.257 e. The van der Waals surface area contributed by atoms with E-state index in [9.17, 15) is 23.6 Å². The molecule has 2 amide bonds. The van der Waals surface area contributed by atoms with E-state index in [2.05, 4.69) is 10.3 Å². The van der Waals surface area contributed by atoms with Gasteiger partial charge in [-0.1, -0.05) is 23.3 Å². The van der Waals surface area contributed by atoms with Crippen LogP contribution in [0, 0.1) is 31.1 Å². The van der Waals surface area contributed by atoms with Crippen molar-refractivity contribution in [2.75, 3.05) is 18.4 Å². The average Bonchev–Trinajstić information content (AvgIpc) is 2.87. The molecule has 2 heterocycles. The van der Waals surface area contributed by atoms with Crippen LogP contribution >= 0.6 is 11.6 Å². The van der Waals surface area contributed by atoms with Crippen LogP contribution in [-0.2, 0) is 4.79 Å². The lowest BCUT2D eigenvalue weighted by Gasteiger charge is -2.34. The summed E-state index contributed by atoms with van der Waals surface area (Å²) >= 11 is 6.37. The van der Waals surface area contributed by atoms with E-state index >= 15 is 0 Å². The van der Waals surface area contributed by atoms with Gasteiger partial charge < -0.3 is 10.2 Å². The van der Waals surface area contributed by atoms with Crippen molar-refractivity contribution in [1.29, 1.82) is 5.26 Å². The third kappa shape index (κ3) is 6.34. The molecule has 9 heteroatoms. The molecule has 0 radical (unpaired) electrons. The number of hydrogen-bond acceptors (Lipinski definition) is 4. The topological polar surface area (TPSA) is 86.1 Å². The lowest BCUT2D eigenvalue weighted by atomic mass is 9.85. The predicted octanol–water partition coefficient (Wildman–Crippen LogP) is 6.31. The summed E-state index contributed by atoms with van der Waals surface area (Å²) in [4.78, 5) is 31.6. The predicted molar refractivity (Wildman–Crippen MR) is 139 cm³/mol. The highest BCUT2D eigenvalue weighted by Crippen LogP contribution is 2.37. The Labute approximate surface area is 220 Å². The molecule has 1 aliphatic carbocycles. The number of rotatable bonds is 4. The number of alkyl halides is 2. The van der Waals surface area contributed by atoms with Crippen molar-refractivity contribution in [3.63, 3.8) is 0 Å². The van der Waals surface area contributed by atoms with Crippen LogP contribution in [0.2, 0.25) is 5.02 Å². The summed E-state index contributed by atoms with van der Waals surface area (Å²) in [5.74, 6) is -3.35. The fourth-order valence-corrected chi connectivity index (χ4v) is 5.10. The van der Waals surface area contributed by atoms with Crippen LogP contribution in [0.3, 0.4) is 0 Å². The third-order valence-corrected chi connectivity index (χ3v) is 7.49. The maximum absolute atomic E-state index is 13.5. The van der Waals surface area contributed by atoms with Gasteiger partial charge in [-0.2, -0.15) is 5.26 Å². The van der Waals surface area contributed by atoms with Gasteiger partial charge in [-0.05, 0) is 68.9 Å². The van der Waals surface area contributed by atoms with Crippen LogP contribution in [-0.4, -0.2) is 40.7 Å². The first kappa shape index (κ1) is 26.7. The Morgan fingerprint density at radius 1 is 1.19 bits per heavy atom. The summed E-state index contributed by atoms with van der Waals surface area (Å²) in [6.45, 7) is 4.72. The number of hydrogen-bond donors (Lipinski definition) is 1. The van der Waals surface area contributed by atoms with Gasteiger partial charge >= 0.3 is 0 Å². The number of aryl methyl sites for hydroxylation is 1. The van der Waals surface area contributed by atoms with Gasteiger partial charge in [0.15, 0.2) is 0 Å². The molecule has 1 N–H and O–H groups in total. The molecule has 1 saturated carbocycles. The molecule has 194 valence electrons. The van der Waals surface area contributed by atoms with E-state index in [1.165, 1.54) is 12.3 Å². The molecule has 2 aromatic rings. The number of nitrogens with zero attached hydrogens (tertiary/aromatic N) is 3. The average molecular weight is 527 g/mol. The van der Waals surface area contributed by atoms with Gasteiger partial charge in [0.05, 0.1) is 16.8 Å². The van der Waals surface area contributed by atoms with Gasteiger partial charge in [0.25, 0.3) is 5.91 Å². The van der Waals surface area contributed by atoms with Gasteiger partial charge in [-0.25, -0.2) is 8.78 Å². The standard InChI is InChI=1S/C28H29ClF2N4O2/c1-17-21(11-19-5-9-35(10-6-19)27(37)20-3-7-28(30,31)8-4-20)13-24(29)14-25(17)34-26(36)23-12-22(15-32)18(2)33-16-23/h11-14,16,20H,3-10H2,1-2H3,(H,34,36). The van der Waals surface area contributed by atoms with E-state index in [1.807, 2.05) is 25.1 Å². The van der Waals surface area contributed by atoms with Gasteiger partial charge in [-0.15, -0.1) is 0 Å². The highest BCUT2D eigenvalue weighted by atomic mass is 35.5.